The maximum atomic E-state index is 3.30. The van der Waals surface area contributed by atoms with Gasteiger partial charge in [0.05, 0.1) is 0 Å². The van der Waals surface area contributed by atoms with Crippen LogP contribution in [0.4, 0.5) is 0 Å². The van der Waals surface area contributed by atoms with E-state index in [0.29, 0.717) is 0 Å². The molecule has 0 aliphatic heterocycles. The van der Waals surface area contributed by atoms with E-state index < -0.39 is 0 Å². The van der Waals surface area contributed by atoms with Crippen molar-refractivity contribution in [2.24, 2.45) is 5.92 Å². The summed E-state index contributed by atoms with van der Waals surface area (Å²) in [5.74, 6) is 0.842. The molecule has 2 atom stereocenters. The van der Waals surface area contributed by atoms with Gasteiger partial charge in [0.1, 0.15) is 0 Å². The van der Waals surface area contributed by atoms with E-state index in [2.05, 4.69) is 55.5 Å². The second kappa shape index (κ2) is 5.65. The van der Waals surface area contributed by atoms with E-state index in [-0.39, 0.29) is 0 Å². The number of rotatable bonds is 5. The van der Waals surface area contributed by atoms with Gasteiger partial charge in [0.25, 0.3) is 0 Å². The lowest BCUT2D eigenvalue weighted by molar-refractivity contribution is 0.0792. The van der Waals surface area contributed by atoms with Crippen LogP contribution in [0, 0.1) is 12.8 Å². The summed E-state index contributed by atoms with van der Waals surface area (Å²) in [6.45, 7) is 4.44. The van der Waals surface area contributed by atoms with Crippen LogP contribution in [-0.2, 0) is 6.54 Å². The Morgan fingerprint density at radius 2 is 2.06 bits per heavy atom. The van der Waals surface area contributed by atoms with Gasteiger partial charge in [-0.15, -0.1) is 0 Å². The number of aryl methyl sites for hydroxylation is 1. The first-order chi connectivity index (χ1) is 8.22. The van der Waals surface area contributed by atoms with E-state index in [1.54, 1.807) is 0 Å². The predicted octanol–water partition coefficient (Wildman–Crippen LogP) is 2.42. The van der Waals surface area contributed by atoms with Gasteiger partial charge in [-0.2, -0.15) is 0 Å². The zero-order valence-corrected chi connectivity index (χ0v) is 11.2. The van der Waals surface area contributed by atoms with Crippen LogP contribution in [0.5, 0.6) is 0 Å². The van der Waals surface area contributed by atoms with Crippen molar-refractivity contribution in [3.8, 4) is 0 Å². The van der Waals surface area contributed by atoms with E-state index in [0.717, 1.165) is 25.0 Å². The standard InChI is InChI=1S/C15H24N2/c1-12-6-4-5-7-14(12)11-17(3)15-9-8-13(15)10-16-2/h4-7,13,15-16H,8-11H2,1-3H3. The van der Waals surface area contributed by atoms with Crippen molar-refractivity contribution < 1.29 is 0 Å². The fourth-order valence-corrected chi connectivity index (χ4v) is 2.81. The van der Waals surface area contributed by atoms with Crippen molar-refractivity contribution in [1.82, 2.24) is 10.2 Å². The van der Waals surface area contributed by atoms with Crippen LogP contribution in [0.1, 0.15) is 24.0 Å². The molecule has 1 aromatic rings. The smallest absolute Gasteiger partial charge is 0.0236 e. The van der Waals surface area contributed by atoms with Gasteiger partial charge in [-0.1, -0.05) is 24.3 Å². The van der Waals surface area contributed by atoms with Gasteiger partial charge >= 0.3 is 0 Å². The summed E-state index contributed by atoms with van der Waals surface area (Å²) >= 11 is 0. The van der Waals surface area contributed by atoms with Crippen LogP contribution in [0.25, 0.3) is 0 Å². The quantitative estimate of drug-likeness (QED) is 0.839. The van der Waals surface area contributed by atoms with Gasteiger partial charge in [0.2, 0.25) is 0 Å². The Bertz CT molecular complexity index is 362. The van der Waals surface area contributed by atoms with Gasteiger partial charge in [-0.3, -0.25) is 4.90 Å². The molecule has 1 aliphatic rings. The molecular weight excluding hydrogens is 208 g/mol. The topological polar surface area (TPSA) is 15.3 Å². The molecule has 94 valence electrons. The number of nitrogens with zero attached hydrogens (tertiary/aromatic N) is 1. The van der Waals surface area contributed by atoms with Crippen LogP contribution in [0.2, 0.25) is 0 Å². The highest BCUT2D eigenvalue weighted by atomic mass is 15.1. The number of hydrogen-bond acceptors (Lipinski definition) is 2. The summed E-state index contributed by atoms with van der Waals surface area (Å²) in [6.07, 6.45) is 2.73. The normalized spacial score (nSPS) is 23.8. The molecule has 1 saturated carbocycles. The minimum absolute atomic E-state index is 0.766. The van der Waals surface area contributed by atoms with E-state index in [9.17, 15) is 0 Å². The monoisotopic (exact) mass is 232 g/mol. The molecule has 0 aromatic heterocycles. The molecule has 1 N–H and O–H groups in total. The molecule has 0 heterocycles. The largest absolute Gasteiger partial charge is 0.319 e. The first-order valence-electron chi connectivity index (χ1n) is 6.61. The van der Waals surface area contributed by atoms with Crippen molar-refractivity contribution in [3.63, 3.8) is 0 Å². The average molecular weight is 232 g/mol. The Hall–Kier alpha value is -0.860. The Morgan fingerprint density at radius 1 is 1.29 bits per heavy atom. The van der Waals surface area contributed by atoms with Gasteiger partial charge in [-0.25, -0.2) is 0 Å². The fourth-order valence-electron chi connectivity index (χ4n) is 2.81. The number of benzene rings is 1. The van der Waals surface area contributed by atoms with Crippen LogP contribution in [0.15, 0.2) is 24.3 Å². The third kappa shape index (κ3) is 2.88. The maximum Gasteiger partial charge on any atom is 0.0236 e. The van der Waals surface area contributed by atoms with Crippen LogP contribution in [0.3, 0.4) is 0 Å². The van der Waals surface area contributed by atoms with Crippen LogP contribution < -0.4 is 5.32 Å². The minimum atomic E-state index is 0.766. The number of hydrogen-bond donors (Lipinski definition) is 1. The average Bonchev–Trinajstić information content (AvgIpc) is 2.27. The van der Waals surface area contributed by atoms with Crippen LogP contribution >= 0.6 is 0 Å². The molecule has 2 rings (SSSR count). The van der Waals surface area contributed by atoms with Gasteiger partial charge in [-0.05, 0) is 57.5 Å². The lowest BCUT2D eigenvalue weighted by atomic mass is 9.78. The number of nitrogens with one attached hydrogen (secondary N) is 1. The SMILES string of the molecule is CNCC1CCC1N(C)Cc1ccccc1C. The van der Waals surface area contributed by atoms with Gasteiger partial charge < -0.3 is 5.32 Å². The third-order valence-electron chi connectivity index (χ3n) is 4.09. The molecule has 2 heteroatoms. The van der Waals surface area contributed by atoms with E-state index in [1.807, 2.05) is 0 Å². The summed E-state index contributed by atoms with van der Waals surface area (Å²) in [5, 5.41) is 3.30. The lowest BCUT2D eigenvalue weighted by Gasteiger charge is -2.43. The molecule has 1 aromatic carbocycles. The third-order valence-corrected chi connectivity index (χ3v) is 4.09. The van der Waals surface area contributed by atoms with Crippen LogP contribution in [-0.4, -0.2) is 31.6 Å². The van der Waals surface area contributed by atoms with Crippen molar-refractivity contribution >= 4 is 0 Å². The highest BCUT2D eigenvalue weighted by Gasteiger charge is 2.33. The van der Waals surface area contributed by atoms with Crippen molar-refractivity contribution in [1.29, 1.82) is 0 Å². The second-order valence-corrected chi connectivity index (χ2v) is 5.30. The molecule has 1 fully saturated rings. The highest BCUT2D eigenvalue weighted by molar-refractivity contribution is 5.25. The Labute approximate surface area is 105 Å². The van der Waals surface area contributed by atoms with E-state index in [4.69, 9.17) is 0 Å². The molecule has 2 unspecified atom stereocenters. The highest BCUT2D eigenvalue weighted by Crippen LogP contribution is 2.31. The predicted molar refractivity (Wildman–Crippen MR) is 73.1 cm³/mol. The Kier molecular flexibility index (Phi) is 4.19. The first kappa shape index (κ1) is 12.6. The Morgan fingerprint density at radius 3 is 2.65 bits per heavy atom. The molecule has 17 heavy (non-hydrogen) atoms. The lowest BCUT2D eigenvalue weighted by Crippen LogP contribution is -2.48. The van der Waals surface area contributed by atoms with Crippen molar-refractivity contribution in [3.05, 3.63) is 35.4 Å². The first-order valence-corrected chi connectivity index (χ1v) is 6.61. The maximum absolute atomic E-state index is 3.30. The van der Waals surface area contributed by atoms with Gasteiger partial charge in [0.15, 0.2) is 0 Å². The molecule has 2 nitrogen and oxygen atoms in total. The van der Waals surface area contributed by atoms with E-state index in [1.165, 1.54) is 24.0 Å². The molecule has 0 amide bonds. The van der Waals surface area contributed by atoms with Gasteiger partial charge in [0, 0.05) is 12.6 Å². The summed E-state index contributed by atoms with van der Waals surface area (Å²) in [6, 6.07) is 9.47. The van der Waals surface area contributed by atoms with Crippen molar-refractivity contribution in [2.45, 2.75) is 32.4 Å². The second-order valence-electron chi connectivity index (χ2n) is 5.30. The molecule has 0 bridgehead atoms. The molecule has 0 saturated heterocycles. The summed E-state index contributed by atoms with van der Waals surface area (Å²) in [4.78, 5) is 2.52. The van der Waals surface area contributed by atoms with Crippen molar-refractivity contribution in [2.75, 3.05) is 20.6 Å². The summed E-state index contributed by atoms with van der Waals surface area (Å²) in [5.41, 5.74) is 2.87. The molecular formula is C15H24N2. The zero-order valence-electron chi connectivity index (χ0n) is 11.2. The fraction of sp³-hybridized carbons (Fsp3) is 0.600. The molecule has 0 spiro atoms. The molecule has 0 radical (unpaired) electrons. The van der Waals surface area contributed by atoms with E-state index >= 15 is 0 Å². The molecule has 1 aliphatic carbocycles. The summed E-state index contributed by atoms with van der Waals surface area (Å²) in [7, 11) is 4.32. The minimum Gasteiger partial charge on any atom is -0.319 e. The zero-order chi connectivity index (χ0) is 12.3. The Balaban J connectivity index is 1.93. The summed E-state index contributed by atoms with van der Waals surface area (Å²) < 4.78 is 0.